The first kappa shape index (κ1) is 13.7. The minimum atomic E-state index is 0.333. The van der Waals surface area contributed by atoms with E-state index in [2.05, 4.69) is 59.9 Å². The molecule has 18 heavy (non-hydrogen) atoms. The summed E-state index contributed by atoms with van der Waals surface area (Å²) in [4.78, 5) is 7.03. The summed E-state index contributed by atoms with van der Waals surface area (Å²) >= 11 is 2.06. The molecule has 0 spiro atoms. The lowest BCUT2D eigenvalue weighted by atomic mass is 10.2. The Bertz CT molecular complexity index is 366. The van der Waals surface area contributed by atoms with Crippen molar-refractivity contribution in [3.8, 4) is 0 Å². The quantitative estimate of drug-likeness (QED) is 0.906. The summed E-state index contributed by atoms with van der Waals surface area (Å²) < 4.78 is 0. The summed E-state index contributed by atoms with van der Waals surface area (Å²) in [5.41, 5.74) is 2.38. The molecule has 1 N–H and O–H groups in total. The van der Waals surface area contributed by atoms with Crippen molar-refractivity contribution in [2.24, 2.45) is 0 Å². The fourth-order valence-corrected chi connectivity index (χ4v) is 3.32. The Morgan fingerprint density at radius 1 is 1.56 bits per heavy atom. The Hall–Kier alpha value is -0.740. The van der Waals surface area contributed by atoms with Gasteiger partial charge in [0.1, 0.15) is 0 Å². The average molecular weight is 265 g/mol. The van der Waals surface area contributed by atoms with E-state index in [1.807, 2.05) is 6.20 Å². The van der Waals surface area contributed by atoms with E-state index in [0.29, 0.717) is 6.04 Å². The molecule has 1 fully saturated rings. The first-order valence-corrected chi connectivity index (χ1v) is 7.81. The summed E-state index contributed by atoms with van der Waals surface area (Å²) in [6.07, 6.45) is 2.02. The number of hydrogen-bond acceptors (Lipinski definition) is 4. The Labute approximate surface area is 114 Å². The van der Waals surface area contributed by atoms with Crippen LogP contribution in [0.5, 0.6) is 0 Å². The van der Waals surface area contributed by atoms with Crippen LogP contribution in [0.2, 0.25) is 0 Å². The van der Waals surface area contributed by atoms with Gasteiger partial charge in [0, 0.05) is 30.1 Å². The maximum absolute atomic E-state index is 4.59. The van der Waals surface area contributed by atoms with Gasteiger partial charge >= 0.3 is 0 Å². The van der Waals surface area contributed by atoms with Crippen molar-refractivity contribution in [1.29, 1.82) is 0 Å². The third-order valence-corrected chi connectivity index (χ3v) is 4.47. The van der Waals surface area contributed by atoms with Crippen LogP contribution in [-0.4, -0.2) is 35.6 Å². The molecule has 0 aliphatic carbocycles. The molecular formula is C14H23N3S. The number of anilines is 1. The zero-order valence-electron chi connectivity index (χ0n) is 11.5. The van der Waals surface area contributed by atoms with E-state index < -0.39 is 0 Å². The van der Waals surface area contributed by atoms with Gasteiger partial charge in [0.2, 0.25) is 0 Å². The summed E-state index contributed by atoms with van der Waals surface area (Å²) in [5.74, 6) is 1.22. The summed E-state index contributed by atoms with van der Waals surface area (Å²) in [6, 6.07) is 4.69. The van der Waals surface area contributed by atoms with E-state index in [9.17, 15) is 0 Å². The van der Waals surface area contributed by atoms with Crippen LogP contribution < -0.4 is 10.2 Å². The van der Waals surface area contributed by atoms with Gasteiger partial charge in [0.25, 0.3) is 0 Å². The van der Waals surface area contributed by atoms with Gasteiger partial charge in [-0.25, -0.2) is 0 Å². The third-order valence-electron chi connectivity index (χ3n) is 3.33. The van der Waals surface area contributed by atoms with E-state index in [0.717, 1.165) is 30.6 Å². The smallest absolute Gasteiger partial charge is 0.0572 e. The van der Waals surface area contributed by atoms with Crippen molar-refractivity contribution < 1.29 is 0 Å². The van der Waals surface area contributed by atoms with Crippen LogP contribution >= 0.6 is 11.8 Å². The molecule has 1 aliphatic heterocycles. The molecule has 0 bridgehead atoms. The Kier molecular flexibility index (Phi) is 4.89. The first-order chi connectivity index (χ1) is 8.70. The highest BCUT2D eigenvalue weighted by Gasteiger charge is 2.17. The lowest BCUT2D eigenvalue weighted by Crippen LogP contribution is -2.36. The monoisotopic (exact) mass is 265 g/mol. The highest BCUT2D eigenvalue weighted by molar-refractivity contribution is 8.00. The Morgan fingerprint density at radius 3 is 3.00 bits per heavy atom. The molecular weight excluding hydrogens is 242 g/mol. The van der Waals surface area contributed by atoms with Crippen LogP contribution in [0.25, 0.3) is 0 Å². The highest BCUT2D eigenvalue weighted by atomic mass is 32.2. The number of aromatic nitrogens is 1. The van der Waals surface area contributed by atoms with Crippen LogP contribution in [0.1, 0.15) is 32.5 Å². The van der Waals surface area contributed by atoms with Gasteiger partial charge in [-0.2, -0.15) is 11.8 Å². The van der Waals surface area contributed by atoms with E-state index in [-0.39, 0.29) is 0 Å². The molecule has 2 rings (SSSR count). The molecule has 1 aromatic heterocycles. The van der Waals surface area contributed by atoms with E-state index in [1.165, 1.54) is 11.4 Å². The molecule has 1 saturated heterocycles. The number of pyridine rings is 1. The van der Waals surface area contributed by atoms with Crippen LogP contribution in [0.3, 0.4) is 0 Å². The minimum absolute atomic E-state index is 0.333. The van der Waals surface area contributed by atoms with E-state index in [1.54, 1.807) is 0 Å². The number of thioether (sulfide) groups is 1. The summed E-state index contributed by atoms with van der Waals surface area (Å²) in [5, 5.41) is 4.11. The maximum Gasteiger partial charge on any atom is 0.0572 e. The van der Waals surface area contributed by atoms with Gasteiger partial charge < -0.3 is 10.2 Å². The zero-order valence-corrected chi connectivity index (χ0v) is 12.3. The van der Waals surface area contributed by atoms with E-state index in [4.69, 9.17) is 0 Å². The van der Waals surface area contributed by atoms with Gasteiger partial charge in [0.05, 0.1) is 17.6 Å². The van der Waals surface area contributed by atoms with Gasteiger partial charge in [-0.05, 0) is 25.6 Å². The van der Waals surface area contributed by atoms with E-state index >= 15 is 0 Å². The molecule has 3 nitrogen and oxygen atoms in total. The molecule has 0 saturated carbocycles. The molecule has 100 valence electrons. The lowest BCUT2D eigenvalue weighted by molar-refractivity contribution is 0.583. The third kappa shape index (κ3) is 3.39. The number of nitrogens with zero attached hydrogens (tertiary/aromatic N) is 2. The SMILES string of the molecule is CCNC(C)c1ccc(N2CCSC(C)C2)cn1. The Balaban J connectivity index is 2.02. The van der Waals surface area contributed by atoms with Gasteiger partial charge in [-0.1, -0.05) is 13.8 Å². The summed E-state index contributed by atoms with van der Waals surface area (Å²) in [7, 11) is 0. The van der Waals surface area contributed by atoms with Crippen molar-refractivity contribution in [3.05, 3.63) is 24.0 Å². The Morgan fingerprint density at radius 2 is 2.39 bits per heavy atom. The predicted octanol–water partition coefficient (Wildman–Crippen LogP) is 2.69. The van der Waals surface area contributed by atoms with Crippen molar-refractivity contribution >= 4 is 17.4 Å². The predicted molar refractivity (Wildman–Crippen MR) is 80.5 cm³/mol. The fraction of sp³-hybridized carbons (Fsp3) is 0.643. The largest absolute Gasteiger partial charge is 0.368 e. The summed E-state index contributed by atoms with van der Waals surface area (Å²) in [6.45, 7) is 9.83. The highest BCUT2D eigenvalue weighted by Crippen LogP contribution is 2.23. The van der Waals surface area contributed by atoms with Crippen molar-refractivity contribution in [1.82, 2.24) is 10.3 Å². The molecule has 2 heterocycles. The van der Waals surface area contributed by atoms with Crippen LogP contribution in [-0.2, 0) is 0 Å². The molecule has 0 aromatic carbocycles. The standard InChI is InChI=1S/C14H23N3S/c1-4-15-12(3)14-6-5-13(9-16-14)17-7-8-18-11(2)10-17/h5-6,9,11-12,15H,4,7-8,10H2,1-3H3. The first-order valence-electron chi connectivity index (χ1n) is 6.76. The second kappa shape index (κ2) is 6.43. The lowest BCUT2D eigenvalue weighted by Gasteiger charge is -2.32. The number of hydrogen-bond donors (Lipinski definition) is 1. The second-order valence-corrected chi connectivity index (χ2v) is 6.39. The van der Waals surface area contributed by atoms with Crippen molar-refractivity contribution in [2.75, 3.05) is 30.3 Å². The average Bonchev–Trinajstić information content (AvgIpc) is 2.39. The van der Waals surface area contributed by atoms with Crippen LogP contribution in [0.4, 0.5) is 5.69 Å². The normalized spacial score (nSPS) is 21.9. The molecule has 0 amide bonds. The van der Waals surface area contributed by atoms with Crippen molar-refractivity contribution in [3.63, 3.8) is 0 Å². The molecule has 4 heteroatoms. The fourth-order valence-electron chi connectivity index (χ4n) is 2.30. The number of rotatable bonds is 4. The molecule has 2 unspecified atom stereocenters. The van der Waals surface area contributed by atoms with Gasteiger partial charge in [-0.15, -0.1) is 0 Å². The van der Waals surface area contributed by atoms with Crippen LogP contribution in [0.15, 0.2) is 18.3 Å². The van der Waals surface area contributed by atoms with Crippen molar-refractivity contribution in [2.45, 2.75) is 32.1 Å². The second-order valence-electron chi connectivity index (χ2n) is 4.85. The molecule has 2 atom stereocenters. The minimum Gasteiger partial charge on any atom is -0.368 e. The zero-order chi connectivity index (χ0) is 13.0. The van der Waals surface area contributed by atoms with Crippen LogP contribution in [0, 0.1) is 0 Å². The molecule has 0 radical (unpaired) electrons. The molecule has 1 aliphatic rings. The molecule has 1 aromatic rings. The topological polar surface area (TPSA) is 28.2 Å². The number of nitrogens with one attached hydrogen (secondary N) is 1. The van der Waals surface area contributed by atoms with Gasteiger partial charge in [-0.3, -0.25) is 4.98 Å². The van der Waals surface area contributed by atoms with Gasteiger partial charge in [0.15, 0.2) is 0 Å². The maximum atomic E-state index is 4.59.